The minimum absolute atomic E-state index is 0.189. The van der Waals surface area contributed by atoms with E-state index in [9.17, 15) is 4.39 Å². The Labute approximate surface area is 112 Å². The Kier molecular flexibility index (Phi) is 7.25. The summed E-state index contributed by atoms with van der Waals surface area (Å²) in [5, 5.41) is 3.14. The number of halogens is 2. The SMILES string of the molecule is CCCCCCCCNc1ccc(Br)cc1F. The van der Waals surface area contributed by atoms with E-state index in [-0.39, 0.29) is 5.82 Å². The Balaban J connectivity index is 2.14. The highest BCUT2D eigenvalue weighted by atomic mass is 79.9. The molecule has 17 heavy (non-hydrogen) atoms. The molecule has 0 aliphatic rings. The second-order valence-electron chi connectivity index (χ2n) is 4.32. The van der Waals surface area contributed by atoms with Crippen molar-refractivity contribution < 1.29 is 4.39 Å². The van der Waals surface area contributed by atoms with Gasteiger partial charge in [0.05, 0.1) is 5.69 Å². The van der Waals surface area contributed by atoms with Gasteiger partial charge in [-0.05, 0) is 24.6 Å². The van der Waals surface area contributed by atoms with Gasteiger partial charge in [-0.1, -0.05) is 55.0 Å². The lowest BCUT2D eigenvalue weighted by Crippen LogP contribution is -2.03. The van der Waals surface area contributed by atoms with E-state index in [4.69, 9.17) is 0 Å². The summed E-state index contributed by atoms with van der Waals surface area (Å²) < 4.78 is 14.2. The van der Waals surface area contributed by atoms with E-state index in [2.05, 4.69) is 28.2 Å². The Morgan fingerprint density at radius 3 is 2.53 bits per heavy atom. The summed E-state index contributed by atoms with van der Waals surface area (Å²) in [7, 11) is 0. The molecule has 0 amide bonds. The molecule has 0 spiro atoms. The first kappa shape index (κ1) is 14.5. The van der Waals surface area contributed by atoms with Crippen molar-refractivity contribution in [2.75, 3.05) is 11.9 Å². The Morgan fingerprint density at radius 2 is 1.82 bits per heavy atom. The average molecular weight is 302 g/mol. The predicted octanol–water partition coefficient (Wildman–Crippen LogP) is 5.36. The molecule has 1 rings (SSSR count). The quantitative estimate of drug-likeness (QED) is 0.637. The molecule has 0 aromatic heterocycles. The second kappa shape index (κ2) is 8.51. The van der Waals surface area contributed by atoms with Gasteiger partial charge in [-0.3, -0.25) is 0 Å². The fraction of sp³-hybridized carbons (Fsp3) is 0.571. The molecule has 0 heterocycles. The third-order valence-corrected chi connectivity index (χ3v) is 3.27. The molecule has 1 aromatic rings. The zero-order valence-corrected chi connectivity index (χ0v) is 12.0. The highest BCUT2D eigenvalue weighted by molar-refractivity contribution is 9.10. The van der Waals surface area contributed by atoms with E-state index in [0.717, 1.165) is 17.4 Å². The fourth-order valence-electron chi connectivity index (χ4n) is 1.76. The molecule has 0 radical (unpaired) electrons. The Morgan fingerprint density at radius 1 is 1.12 bits per heavy atom. The summed E-state index contributed by atoms with van der Waals surface area (Å²) in [4.78, 5) is 0. The largest absolute Gasteiger partial charge is 0.383 e. The highest BCUT2D eigenvalue weighted by Gasteiger charge is 2.01. The van der Waals surface area contributed by atoms with Crippen LogP contribution in [-0.4, -0.2) is 6.54 Å². The van der Waals surface area contributed by atoms with Gasteiger partial charge in [0.15, 0.2) is 0 Å². The smallest absolute Gasteiger partial charge is 0.147 e. The molecule has 1 N–H and O–H groups in total. The Bertz CT molecular complexity index is 328. The van der Waals surface area contributed by atoms with Crippen molar-refractivity contribution in [2.24, 2.45) is 0 Å². The molecule has 1 aromatic carbocycles. The van der Waals surface area contributed by atoms with Gasteiger partial charge in [-0.25, -0.2) is 4.39 Å². The van der Waals surface area contributed by atoms with Crippen LogP contribution in [0.5, 0.6) is 0 Å². The molecule has 1 nitrogen and oxygen atoms in total. The predicted molar refractivity (Wildman–Crippen MR) is 76.0 cm³/mol. The van der Waals surface area contributed by atoms with Crippen LogP contribution in [-0.2, 0) is 0 Å². The molecule has 0 saturated heterocycles. The van der Waals surface area contributed by atoms with Crippen LogP contribution in [0.1, 0.15) is 45.4 Å². The van der Waals surface area contributed by atoms with Gasteiger partial charge in [0, 0.05) is 11.0 Å². The number of benzene rings is 1. The van der Waals surface area contributed by atoms with Crippen LogP contribution >= 0.6 is 15.9 Å². The molecule has 3 heteroatoms. The van der Waals surface area contributed by atoms with Crippen molar-refractivity contribution in [3.8, 4) is 0 Å². The number of rotatable bonds is 8. The summed E-state index contributed by atoms with van der Waals surface area (Å²) in [5.74, 6) is -0.189. The second-order valence-corrected chi connectivity index (χ2v) is 5.23. The minimum atomic E-state index is -0.189. The number of nitrogens with one attached hydrogen (secondary N) is 1. The van der Waals surface area contributed by atoms with Crippen molar-refractivity contribution in [3.63, 3.8) is 0 Å². The molecule has 0 saturated carbocycles. The van der Waals surface area contributed by atoms with E-state index in [1.807, 2.05) is 6.07 Å². The topological polar surface area (TPSA) is 12.0 Å². The van der Waals surface area contributed by atoms with Gasteiger partial charge in [-0.2, -0.15) is 0 Å². The third-order valence-electron chi connectivity index (χ3n) is 2.78. The van der Waals surface area contributed by atoms with Gasteiger partial charge in [0.2, 0.25) is 0 Å². The Hall–Kier alpha value is -0.570. The average Bonchev–Trinajstić information content (AvgIpc) is 2.30. The van der Waals surface area contributed by atoms with Gasteiger partial charge in [0.1, 0.15) is 5.82 Å². The lowest BCUT2D eigenvalue weighted by atomic mass is 10.1. The van der Waals surface area contributed by atoms with Gasteiger partial charge in [-0.15, -0.1) is 0 Å². The maximum absolute atomic E-state index is 13.4. The lowest BCUT2D eigenvalue weighted by molar-refractivity contribution is 0.611. The summed E-state index contributed by atoms with van der Waals surface area (Å²) in [6, 6.07) is 5.12. The van der Waals surface area contributed by atoms with Crippen LogP contribution in [0.2, 0.25) is 0 Å². The summed E-state index contributed by atoms with van der Waals surface area (Å²) in [6.45, 7) is 3.07. The number of hydrogen-bond acceptors (Lipinski definition) is 1. The molecular formula is C14H21BrFN. The monoisotopic (exact) mass is 301 g/mol. The molecule has 0 aliphatic heterocycles. The first-order valence-electron chi connectivity index (χ1n) is 6.43. The van der Waals surface area contributed by atoms with Crippen LogP contribution in [0.25, 0.3) is 0 Å². The molecule has 0 fully saturated rings. The van der Waals surface area contributed by atoms with E-state index in [1.54, 1.807) is 6.07 Å². The normalized spacial score (nSPS) is 10.5. The molecule has 0 aliphatic carbocycles. The number of unbranched alkanes of at least 4 members (excludes halogenated alkanes) is 5. The van der Waals surface area contributed by atoms with E-state index < -0.39 is 0 Å². The van der Waals surface area contributed by atoms with Crippen LogP contribution < -0.4 is 5.32 Å². The first-order valence-corrected chi connectivity index (χ1v) is 7.22. The van der Waals surface area contributed by atoms with Crippen LogP contribution in [0.3, 0.4) is 0 Å². The lowest BCUT2D eigenvalue weighted by Gasteiger charge is -2.07. The van der Waals surface area contributed by atoms with E-state index in [1.165, 1.54) is 38.2 Å². The van der Waals surface area contributed by atoms with Crippen molar-refractivity contribution in [1.29, 1.82) is 0 Å². The van der Waals surface area contributed by atoms with Crippen molar-refractivity contribution in [2.45, 2.75) is 45.4 Å². The summed E-state index contributed by atoms with van der Waals surface area (Å²) >= 11 is 3.25. The number of hydrogen-bond donors (Lipinski definition) is 1. The van der Waals surface area contributed by atoms with Crippen molar-refractivity contribution in [3.05, 3.63) is 28.5 Å². The van der Waals surface area contributed by atoms with E-state index >= 15 is 0 Å². The maximum Gasteiger partial charge on any atom is 0.147 e. The van der Waals surface area contributed by atoms with Gasteiger partial charge in [0.25, 0.3) is 0 Å². The molecular weight excluding hydrogens is 281 g/mol. The minimum Gasteiger partial charge on any atom is -0.383 e. The summed E-state index contributed by atoms with van der Waals surface area (Å²) in [6.07, 6.45) is 7.56. The zero-order valence-electron chi connectivity index (χ0n) is 10.4. The maximum atomic E-state index is 13.4. The van der Waals surface area contributed by atoms with Crippen LogP contribution in [0, 0.1) is 5.82 Å². The molecule has 96 valence electrons. The van der Waals surface area contributed by atoms with Crippen molar-refractivity contribution in [1.82, 2.24) is 0 Å². The standard InChI is InChI=1S/C14H21BrFN/c1-2-3-4-5-6-7-10-17-14-9-8-12(15)11-13(14)16/h8-9,11,17H,2-7,10H2,1H3. The number of anilines is 1. The fourth-order valence-corrected chi connectivity index (χ4v) is 2.09. The first-order chi connectivity index (χ1) is 8.24. The van der Waals surface area contributed by atoms with Crippen molar-refractivity contribution >= 4 is 21.6 Å². The van der Waals surface area contributed by atoms with Gasteiger partial charge >= 0.3 is 0 Å². The molecule has 0 bridgehead atoms. The van der Waals surface area contributed by atoms with E-state index in [0.29, 0.717) is 5.69 Å². The van der Waals surface area contributed by atoms with Crippen LogP contribution in [0.15, 0.2) is 22.7 Å². The third kappa shape index (κ3) is 6.06. The van der Waals surface area contributed by atoms with Crippen LogP contribution in [0.4, 0.5) is 10.1 Å². The molecule has 0 unspecified atom stereocenters. The highest BCUT2D eigenvalue weighted by Crippen LogP contribution is 2.19. The zero-order chi connectivity index (χ0) is 12.5. The van der Waals surface area contributed by atoms with Gasteiger partial charge < -0.3 is 5.32 Å². The molecule has 0 atom stereocenters. The summed E-state index contributed by atoms with van der Waals surface area (Å²) in [5.41, 5.74) is 0.599.